The molecule has 0 aromatic heterocycles. The first-order chi connectivity index (χ1) is 10.4. The van der Waals surface area contributed by atoms with E-state index in [-0.39, 0.29) is 35.9 Å². The van der Waals surface area contributed by atoms with Gasteiger partial charge in [0.25, 0.3) is 0 Å². The standard InChI is InChI=1S/C16H20ClF3N2.2ClH/c17-14-10-12(3-4-13(14)16(18,19)20)15(9-11-1-2-11)22-7-5-21-6-8-22;;/h3-4,10-11,15,21H,1-2,5-9H2;2*1H/t15-;;/m0../s1. The van der Waals surface area contributed by atoms with Gasteiger partial charge < -0.3 is 5.32 Å². The molecule has 0 spiro atoms. The summed E-state index contributed by atoms with van der Waals surface area (Å²) in [5.74, 6) is 0.709. The van der Waals surface area contributed by atoms with Gasteiger partial charge >= 0.3 is 6.18 Å². The van der Waals surface area contributed by atoms with E-state index < -0.39 is 11.7 Å². The Bertz CT molecular complexity index is 530. The molecule has 1 aromatic rings. The van der Waals surface area contributed by atoms with Crippen LogP contribution in [-0.2, 0) is 6.18 Å². The first-order valence-electron chi connectivity index (χ1n) is 7.76. The Morgan fingerprint density at radius 1 is 1.17 bits per heavy atom. The van der Waals surface area contributed by atoms with E-state index in [1.54, 1.807) is 6.07 Å². The Hall–Kier alpha value is -0.200. The maximum Gasteiger partial charge on any atom is 0.417 e. The van der Waals surface area contributed by atoms with Gasteiger partial charge in [0.05, 0.1) is 10.6 Å². The van der Waals surface area contributed by atoms with Crippen molar-refractivity contribution in [3.05, 3.63) is 34.3 Å². The van der Waals surface area contributed by atoms with E-state index in [1.165, 1.54) is 18.9 Å². The van der Waals surface area contributed by atoms with E-state index in [0.717, 1.165) is 44.2 Å². The zero-order valence-electron chi connectivity index (χ0n) is 13.1. The Balaban J connectivity index is 0.00000144. The van der Waals surface area contributed by atoms with Crippen molar-refractivity contribution >= 4 is 36.4 Å². The number of halogens is 6. The number of nitrogens with one attached hydrogen (secondary N) is 1. The molecule has 8 heteroatoms. The number of hydrogen-bond acceptors (Lipinski definition) is 2. The van der Waals surface area contributed by atoms with Crippen LogP contribution in [0.15, 0.2) is 18.2 Å². The van der Waals surface area contributed by atoms with Gasteiger partial charge in [-0.3, -0.25) is 4.90 Å². The van der Waals surface area contributed by atoms with Crippen molar-refractivity contribution in [2.24, 2.45) is 5.92 Å². The first kappa shape index (κ1) is 21.8. The summed E-state index contributed by atoms with van der Waals surface area (Å²) in [6.45, 7) is 3.71. The van der Waals surface area contributed by atoms with E-state index in [4.69, 9.17) is 11.6 Å². The molecular formula is C16H22Cl3F3N2. The summed E-state index contributed by atoms with van der Waals surface area (Å²) in [6, 6.07) is 4.41. The Morgan fingerprint density at radius 2 is 1.79 bits per heavy atom. The number of benzene rings is 1. The van der Waals surface area contributed by atoms with Crippen LogP contribution in [0.25, 0.3) is 0 Å². The van der Waals surface area contributed by atoms with Crippen molar-refractivity contribution in [2.75, 3.05) is 26.2 Å². The third-order valence-electron chi connectivity index (χ3n) is 4.53. The van der Waals surface area contributed by atoms with Gasteiger partial charge in [0, 0.05) is 32.2 Å². The highest BCUT2D eigenvalue weighted by Crippen LogP contribution is 2.42. The summed E-state index contributed by atoms with van der Waals surface area (Å²) in [5, 5.41) is 3.12. The van der Waals surface area contributed by atoms with E-state index in [2.05, 4.69) is 10.2 Å². The summed E-state index contributed by atoms with van der Waals surface area (Å²) in [7, 11) is 0. The zero-order chi connectivity index (χ0) is 15.7. The monoisotopic (exact) mass is 404 g/mol. The topological polar surface area (TPSA) is 15.3 Å². The van der Waals surface area contributed by atoms with E-state index in [1.807, 2.05) is 0 Å². The molecule has 2 fully saturated rings. The quantitative estimate of drug-likeness (QED) is 0.762. The summed E-state index contributed by atoms with van der Waals surface area (Å²) < 4.78 is 38.6. The molecule has 1 N–H and O–H groups in total. The number of hydrogen-bond donors (Lipinski definition) is 1. The van der Waals surface area contributed by atoms with Crippen LogP contribution in [0.3, 0.4) is 0 Å². The van der Waals surface area contributed by atoms with Crippen LogP contribution in [0.1, 0.15) is 36.4 Å². The third kappa shape index (κ3) is 5.40. The Labute approximate surface area is 157 Å². The van der Waals surface area contributed by atoms with Crippen LogP contribution in [-0.4, -0.2) is 31.1 Å². The molecule has 1 heterocycles. The van der Waals surface area contributed by atoms with Gasteiger partial charge in [-0.2, -0.15) is 13.2 Å². The second-order valence-corrected chi connectivity index (χ2v) is 6.63. The average molecular weight is 406 g/mol. The third-order valence-corrected chi connectivity index (χ3v) is 4.84. The highest BCUT2D eigenvalue weighted by atomic mass is 35.5. The molecule has 0 amide bonds. The van der Waals surface area contributed by atoms with Gasteiger partial charge in [-0.1, -0.05) is 30.5 Å². The number of nitrogens with zero attached hydrogens (tertiary/aromatic N) is 1. The molecule has 1 aliphatic carbocycles. The molecule has 1 saturated carbocycles. The fraction of sp³-hybridized carbons (Fsp3) is 0.625. The van der Waals surface area contributed by atoms with Gasteiger partial charge in [0.1, 0.15) is 0 Å². The molecule has 24 heavy (non-hydrogen) atoms. The normalized spacial score (nSPS) is 20.0. The molecule has 0 radical (unpaired) electrons. The van der Waals surface area contributed by atoms with Gasteiger partial charge in [-0.15, -0.1) is 24.8 Å². The van der Waals surface area contributed by atoms with Crippen LogP contribution in [0.5, 0.6) is 0 Å². The lowest BCUT2D eigenvalue weighted by molar-refractivity contribution is -0.137. The van der Waals surface area contributed by atoms with Gasteiger partial charge in [-0.05, 0) is 30.0 Å². The van der Waals surface area contributed by atoms with Crippen LogP contribution in [0, 0.1) is 5.92 Å². The highest BCUT2D eigenvalue weighted by molar-refractivity contribution is 6.31. The van der Waals surface area contributed by atoms with Crippen LogP contribution in [0.2, 0.25) is 5.02 Å². The van der Waals surface area contributed by atoms with Gasteiger partial charge in [0.2, 0.25) is 0 Å². The molecule has 2 nitrogen and oxygen atoms in total. The van der Waals surface area contributed by atoms with Crippen molar-refractivity contribution in [3.8, 4) is 0 Å². The molecule has 0 bridgehead atoms. The summed E-state index contributed by atoms with van der Waals surface area (Å²) >= 11 is 5.90. The fourth-order valence-electron chi connectivity index (χ4n) is 3.13. The second kappa shape index (κ2) is 8.95. The molecule has 0 unspecified atom stereocenters. The number of piperazine rings is 1. The Kier molecular flexibility index (Phi) is 8.14. The lowest BCUT2D eigenvalue weighted by Gasteiger charge is -2.35. The van der Waals surface area contributed by atoms with Crippen molar-refractivity contribution in [2.45, 2.75) is 31.5 Å². The molecule has 3 rings (SSSR count). The molecule has 1 aromatic carbocycles. The van der Waals surface area contributed by atoms with E-state index in [0.29, 0.717) is 5.92 Å². The SMILES string of the molecule is Cl.Cl.FC(F)(F)c1ccc([C@H](CC2CC2)N2CCNCC2)cc1Cl. The molecule has 1 atom stereocenters. The molecule has 1 saturated heterocycles. The smallest absolute Gasteiger partial charge is 0.314 e. The lowest BCUT2D eigenvalue weighted by atomic mass is 9.97. The predicted molar refractivity (Wildman–Crippen MR) is 95.5 cm³/mol. The average Bonchev–Trinajstić information content (AvgIpc) is 3.28. The second-order valence-electron chi connectivity index (χ2n) is 6.22. The van der Waals surface area contributed by atoms with E-state index >= 15 is 0 Å². The molecule has 2 aliphatic rings. The minimum atomic E-state index is -4.39. The Morgan fingerprint density at radius 3 is 2.29 bits per heavy atom. The minimum absolute atomic E-state index is 0. The molecular weight excluding hydrogens is 384 g/mol. The minimum Gasteiger partial charge on any atom is -0.314 e. The van der Waals surface area contributed by atoms with Crippen LogP contribution < -0.4 is 5.32 Å². The summed E-state index contributed by atoms with van der Waals surface area (Å²) in [4.78, 5) is 2.37. The van der Waals surface area contributed by atoms with Crippen LogP contribution >= 0.6 is 36.4 Å². The van der Waals surface area contributed by atoms with Crippen LogP contribution in [0.4, 0.5) is 13.2 Å². The number of alkyl halides is 3. The maximum absolute atomic E-state index is 12.9. The van der Waals surface area contributed by atoms with Crippen molar-refractivity contribution in [3.63, 3.8) is 0 Å². The molecule has 138 valence electrons. The maximum atomic E-state index is 12.9. The molecule has 1 aliphatic heterocycles. The number of rotatable bonds is 4. The van der Waals surface area contributed by atoms with Crippen molar-refractivity contribution in [1.82, 2.24) is 10.2 Å². The summed E-state index contributed by atoms with van der Waals surface area (Å²) in [6.07, 6.45) is -0.910. The predicted octanol–water partition coefficient (Wildman–Crippen LogP) is 4.95. The van der Waals surface area contributed by atoms with Crippen molar-refractivity contribution < 1.29 is 13.2 Å². The van der Waals surface area contributed by atoms with E-state index in [9.17, 15) is 13.2 Å². The highest BCUT2D eigenvalue weighted by Gasteiger charge is 2.35. The summed E-state index contributed by atoms with van der Waals surface area (Å²) in [5.41, 5.74) is 0.162. The fourth-order valence-corrected chi connectivity index (χ4v) is 3.42. The lowest BCUT2D eigenvalue weighted by Crippen LogP contribution is -2.45. The van der Waals surface area contributed by atoms with Crippen molar-refractivity contribution in [1.29, 1.82) is 0 Å². The van der Waals surface area contributed by atoms with Gasteiger partial charge in [0.15, 0.2) is 0 Å². The zero-order valence-corrected chi connectivity index (χ0v) is 15.5. The first-order valence-corrected chi connectivity index (χ1v) is 8.14. The largest absolute Gasteiger partial charge is 0.417 e. The van der Waals surface area contributed by atoms with Gasteiger partial charge in [-0.25, -0.2) is 0 Å².